The van der Waals surface area contributed by atoms with Crippen LogP contribution in [0.4, 0.5) is 0 Å². The first kappa shape index (κ1) is 12.2. The highest BCUT2D eigenvalue weighted by Gasteiger charge is 2.20. The van der Waals surface area contributed by atoms with Gasteiger partial charge in [-0.25, -0.2) is 9.67 Å². The van der Waals surface area contributed by atoms with Gasteiger partial charge < -0.3 is 4.74 Å². The van der Waals surface area contributed by atoms with E-state index >= 15 is 0 Å². The molecule has 0 aliphatic heterocycles. The molecule has 1 saturated carbocycles. The van der Waals surface area contributed by atoms with Crippen molar-refractivity contribution in [2.45, 2.75) is 58.3 Å². The lowest BCUT2D eigenvalue weighted by Gasteiger charge is -2.21. The molecule has 0 aromatic carbocycles. The van der Waals surface area contributed by atoms with E-state index in [0.717, 1.165) is 18.7 Å². The Morgan fingerprint density at radius 2 is 2.18 bits per heavy atom. The van der Waals surface area contributed by atoms with E-state index < -0.39 is 0 Å². The molecule has 94 valence electrons. The van der Waals surface area contributed by atoms with Gasteiger partial charge in [0.15, 0.2) is 5.82 Å². The number of hydrogen-bond acceptors (Lipinski definition) is 4. The first-order chi connectivity index (χ1) is 8.16. The fourth-order valence-electron chi connectivity index (χ4n) is 2.08. The third-order valence-electron chi connectivity index (χ3n) is 3.07. The third-order valence-corrected chi connectivity index (χ3v) is 3.07. The summed E-state index contributed by atoms with van der Waals surface area (Å²) < 4.78 is 7.66. The van der Waals surface area contributed by atoms with Gasteiger partial charge in [-0.2, -0.15) is 5.10 Å². The van der Waals surface area contributed by atoms with Crippen LogP contribution in [0.1, 0.15) is 51.4 Å². The van der Waals surface area contributed by atoms with Gasteiger partial charge in [0.2, 0.25) is 0 Å². The molecule has 1 heterocycles. The molecule has 2 rings (SSSR count). The number of aromatic nitrogens is 3. The van der Waals surface area contributed by atoms with Crippen LogP contribution in [-0.4, -0.2) is 26.7 Å². The van der Waals surface area contributed by atoms with Crippen molar-refractivity contribution >= 4 is 5.78 Å². The summed E-state index contributed by atoms with van der Waals surface area (Å²) in [6.07, 6.45) is 4.75. The topological polar surface area (TPSA) is 57.0 Å². The second-order valence-corrected chi connectivity index (χ2v) is 4.76. The first-order valence-electron chi connectivity index (χ1n) is 6.18. The molecule has 1 fully saturated rings. The van der Waals surface area contributed by atoms with Crippen molar-refractivity contribution in [1.29, 1.82) is 0 Å². The molecule has 0 atom stereocenters. The van der Waals surface area contributed by atoms with Crippen molar-refractivity contribution in [1.82, 2.24) is 14.8 Å². The van der Waals surface area contributed by atoms with Crippen LogP contribution < -0.4 is 0 Å². The van der Waals surface area contributed by atoms with E-state index in [2.05, 4.69) is 23.9 Å². The zero-order valence-corrected chi connectivity index (χ0v) is 10.4. The SMILES string of the molecule is CC(C)n1ncnc1COC1CCC(=O)CC1. The first-order valence-corrected chi connectivity index (χ1v) is 6.18. The molecule has 1 aromatic heterocycles. The summed E-state index contributed by atoms with van der Waals surface area (Å²) in [5.41, 5.74) is 0. The Kier molecular flexibility index (Phi) is 3.89. The molecule has 0 spiro atoms. The van der Waals surface area contributed by atoms with Gasteiger partial charge >= 0.3 is 0 Å². The number of nitrogens with zero attached hydrogens (tertiary/aromatic N) is 3. The molecule has 1 aromatic rings. The third kappa shape index (κ3) is 3.12. The normalized spacial score (nSPS) is 17.9. The maximum atomic E-state index is 11.1. The quantitative estimate of drug-likeness (QED) is 0.802. The molecule has 0 radical (unpaired) electrons. The molecule has 0 saturated heterocycles. The highest BCUT2D eigenvalue weighted by Crippen LogP contribution is 2.19. The molecule has 1 aliphatic carbocycles. The van der Waals surface area contributed by atoms with Crippen molar-refractivity contribution < 1.29 is 9.53 Å². The van der Waals surface area contributed by atoms with Crippen molar-refractivity contribution in [2.75, 3.05) is 0 Å². The molecule has 0 bridgehead atoms. The molecule has 5 heteroatoms. The monoisotopic (exact) mass is 237 g/mol. The maximum Gasteiger partial charge on any atom is 0.153 e. The van der Waals surface area contributed by atoms with Crippen LogP contribution >= 0.6 is 0 Å². The fourth-order valence-corrected chi connectivity index (χ4v) is 2.08. The fraction of sp³-hybridized carbons (Fsp3) is 0.750. The van der Waals surface area contributed by atoms with E-state index in [9.17, 15) is 4.79 Å². The van der Waals surface area contributed by atoms with Gasteiger partial charge in [0.25, 0.3) is 0 Å². The standard InChI is InChI=1S/C12H19N3O2/c1-9(2)15-12(13-8-14-15)7-17-11-5-3-10(16)4-6-11/h8-9,11H,3-7H2,1-2H3. The smallest absolute Gasteiger partial charge is 0.153 e. The van der Waals surface area contributed by atoms with E-state index in [1.807, 2.05) is 4.68 Å². The summed E-state index contributed by atoms with van der Waals surface area (Å²) in [6.45, 7) is 4.62. The van der Waals surface area contributed by atoms with E-state index in [0.29, 0.717) is 31.3 Å². The van der Waals surface area contributed by atoms with Crippen LogP contribution in [0.5, 0.6) is 0 Å². The Balaban J connectivity index is 1.85. The summed E-state index contributed by atoms with van der Waals surface area (Å²) in [6, 6.07) is 0.295. The Bertz CT molecular complexity index is 377. The molecule has 0 N–H and O–H groups in total. The van der Waals surface area contributed by atoms with Gasteiger partial charge in [-0.05, 0) is 26.7 Å². The van der Waals surface area contributed by atoms with E-state index in [1.54, 1.807) is 6.33 Å². The lowest BCUT2D eigenvalue weighted by molar-refractivity contribution is -0.123. The van der Waals surface area contributed by atoms with Crippen LogP contribution in [0.15, 0.2) is 6.33 Å². The maximum absolute atomic E-state index is 11.1. The van der Waals surface area contributed by atoms with Crippen LogP contribution in [0.25, 0.3) is 0 Å². The predicted molar refractivity (Wildman–Crippen MR) is 62.5 cm³/mol. The summed E-state index contributed by atoms with van der Waals surface area (Å²) >= 11 is 0. The Morgan fingerprint density at radius 3 is 2.82 bits per heavy atom. The van der Waals surface area contributed by atoms with E-state index in [1.165, 1.54) is 0 Å². The summed E-state index contributed by atoms with van der Waals surface area (Å²) in [5, 5.41) is 4.16. The van der Waals surface area contributed by atoms with Crippen LogP contribution in [0.2, 0.25) is 0 Å². The Labute approximate surface area is 101 Å². The van der Waals surface area contributed by atoms with Crippen LogP contribution in [0, 0.1) is 0 Å². The molecular weight excluding hydrogens is 218 g/mol. The second-order valence-electron chi connectivity index (χ2n) is 4.76. The molecular formula is C12H19N3O2. The van der Waals surface area contributed by atoms with Gasteiger partial charge in [-0.15, -0.1) is 0 Å². The van der Waals surface area contributed by atoms with Crippen LogP contribution in [0.3, 0.4) is 0 Å². The Hall–Kier alpha value is -1.23. The molecule has 0 unspecified atom stereocenters. The van der Waals surface area contributed by atoms with Crippen molar-refractivity contribution in [2.24, 2.45) is 0 Å². The van der Waals surface area contributed by atoms with Gasteiger partial charge in [-0.1, -0.05) is 0 Å². The molecule has 5 nitrogen and oxygen atoms in total. The minimum atomic E-state index is 0.199. The van der Waals surface area contributed by atoms with E-state index in [-0.39, 0.29) is 6.10 Å². The average molecular weight is 237 g/mol. The number of carbonyl (C=O) groups is 1. The largest absolute Gasteiger partial charge is 0.370 e. The predicted octanol–water partition coefficient (Wildman–Crippen LogP) is 1.89. The second kappa shape index (κ2) is 5.40. The molecule has 0 amide bonds. The number of ether oxygens (including phenoxy) is 1. The number of carbonyl (C=O) groups excluding carboxylic acids is 1. The zero-order chi connectivity index (χ0) is 12.3. The summed E-state index contributed by atoms with van der Waals surface area (Å²) in [7, 11) is 0. The van der Waals surface area contributed by atoms with Crippen molar-refractivity contribution in [3.63, 3.8) is 0 Å². The lowest BCUT2D eigenvalue weighted by atomic mass is 9.96. The molecule has 1 aliphatic rings. The van der Waals surface area contributed by atoms with Gasteiger partial charge in [-0.3, -0.25) is 4.79 Å². The summed E-state index contributed by atoms with van der Waals surface area (Å²) in [4.78, 5) is 15.3. The molecule has 17 heavy (non-hydrogen) atoms. The minimum Gasteiger partial charge on any atom is -0.370 e. The van der Waals surface area contributed by atoms with Crippen LogP contribution in [-0.2, 0) is 16.1 Å². The number of hydrogen-bond donors (Lipinski definition) is 0. The number of ketones is 1. The number of Topliss-reactive ketones (excluding diaryl/α,β-unsaturated/α-hetero) is 1. The van der Waals surface area contributed by atoms with E-state index in [4.69, 9.17) is 4.74 Å². The van der Waals surface area contributed by atoms with Crippen molar-refractivity contribution in [3.05, 3.63) is 12.2 Å². The van der Waals surface area contributed by atoms with Gasteiger partial charge in [0.05, 0.1) is 6.10 Å². The Morgan fingerprint density at radius 1 is 1.47 bits per heavy atom. The van der Waals surface area contributed by atoms with Crippen molar-refractivity contribution in [3.8, 4) is 0 Å². The average Bonchev–Trinajstić information content (AvgIpc) is 2.76. The summed E-state index contributed by atoms with van der Waals surface area (Å²) in [5.74, 6) is 1.21. The highest BCUT2D eigenvalue weighted by molar-refractivity contribution is 5.79. The number of rotatable bonds is 4. The highest BCUT2D eigenvalue weighted by atomic mass is 16.5. The van der Waals surface area contributed by atoms with Gasteiger partial charge in [0.1, 0.15) is 18.7 Å². The van der Waals surface area contributed by atoms with Gasteiger partial charge in [0, 0.05) is 18.9 Å². The lowest BCUT2D eigenvalue weighted by Crippen LogP contribution is -2.22. The minimum absolute atomic E-state index is 0.199. The zero-order valence-electron chi connectivity index (χ0n) is 10.4.